The van der Waals surface area contributed by atoms with Gasteiger partial charge in [0.05, 0.1) is 5.92 Å². The molecular formula is C15H29N3O. The second-order valence-electron chi connectivity index (χ2n) is 6.46. The average molecular weight is 267 g/mol. The second kappa shape index (κ2) is 6.71. The molecule has 1 amide bonds. The molecule has 0 aromatic carbocycles. The van der Waals surface area contributed by atoms with Crippen molar-refractivity contribution in [3.8, 4) is 0 Å². The van der Waals surface area contributed by atoms with E-state index in [0.717, 1.165) is 32.4 Å². The molecule has 2 aliphatic heterocycles. The largest absolute Gasteiger partial charge is 0.356 e. The molecule has 3 unspecified atom stereocenters. The zero-order valence-electron chi connectivity index (χ0n) is 12.6. The van der Waals surface area contributed by atoms with Gasteiger partial charge in [0.15, 0.2) is 0 Å². The number of hydrogen-bond donors (Lipinski definition) is 2. The fraction of sp³-hybridized carbons (Fsp3) is 0.933. The van der Waals surface area contributed by atoms with Crippen LogP contribution in [0.25, 0.3) is 0 Å². The predicted molar refractivity (Wildman–Crippen MR) is 78.1 cm³/mol. The van der Waals surface area contributed by atoms with Crippen LogP contribution >= 0.6 is 0 Å². The molecular weight excluding hydrogens is 238 g/mol. The highest BCUT2D eigenvalue weighted by molar-refractivity contribution is 5.80. The van der Waals surface area contributed by atoms with E-state index in [9.17, 15) is 4.79 Å². The Morgan fingerprint density at radius 2 is 2.16 bits per heavy atom. The summed E-state index contributed by atoms with van der Waals surface area (Å²) in [6.45, 7) is 6.37. The quantitative estimate of drug-likeness (QED) is 0.685. The Morgan fingerprint density at radius 3 is 2.74 bits per heavy atom. The molecule has 2 rings (SSSR count). The van der Waals surface area contributed by atoms with Gasteiger partial charge in [-0.3, -0.25) is 4.79 Å². The molecule has 2 N–H and O–H groups in total. The summed E-state index contributed by atoms with van der Waals surface area (Å²) in [6.07, 6.45) is 5.73. The summed E-state index contributed by atoms with van der Waals surface area (Å²) in [7, 11) is 2.16. The molecule has 0 aromatic heterocycles. The molecule has 2 bridgehead atoms. The highest BCUT2D eigenvalue weighted by Crippen LogP contribution is 2.33. The van der Waals surface area contributed by atoms with Crippen LogP contribution in [0.2, 0.25) is 0 Å². The summed E-state index contributed by atoms with van der Waals surface area (Å²) < 4.78 is 0. The monoisotopic (exact) mass is 267 g/mol. The maximum absolute atomic E-state index is 12.1. The lowest BCUT2D eigenvalue weighted by Crippen LogP contribution is -2.38. The SMILES string of the molecule is CC(C)N(C)CCCCNC(=O)C1CC2CCC1N2. The second-order valence-corrected chi connectivity index (χ2v) is 6.46. The summed E-state index contributed by atoms with van der Waals surface area (Å²) in [5.41, 5.74) is 0. The van der Waals surface area contributed by atoms with E-state index in [1.165, 1.54) is 12.8 Å². The van der Waals surface area contributed by atoms with E-state index in [1.54, 1.807) is 0 Å². The van der Waals surface area contributed by atoms with Crippen molar-refractivity contribution >= 4 is 5.91 Å². The third kappa shape index (κ3) is 3.93. The third-order valence-electron chi connectivity index (χ3n) is 4.76. The van der Waals surface area contributed by atoms with Gasteiger partial charge in [0.1, 0.15) is 0 Å². The van der Waals surface area contributed by atoms with Crippen LogP contribution in [0.3, 0.4) is 0 Å². The number of amides is 1. The molecule has 110 valence electrons. The molecule has 4 heteroatoms. The van der Waals surface area contributed by atoms with Gasteiger partial charge in [0.2, 0.25) is 5.91 Å². The normalized spacial score (nSPS) is 29.4. The van der Waals surface area contributed by atoms with Crippen molar-refractivity contribution in [2.45, 2.75) is 64.1 Å². The fourth-order valence-corrected chi connectivity index (χ4v) is 3.20. The zero-order valence-corrected chi connectivity index (χ0v) is 12.6. The van der Waals surface area contributed by atoms with Gasteiger partial charge in [-0.05, 0) is 59.5 Å². The van der Waals surface area contributed by atoms with Crippen LogP contribution in [0.4, 0.5) is 0 Å². The van der Waals surface area contributed by atoms with Crippen molar-refractivity contribution in [3.05, 3.63) is 0 Å². The third-order valence-corrected chi connectivity index (χ3v) is 4.76. The Balaban J connectivity index is 1.55. The maximum atomic E-state index is 12.1. The highest BCUT2D eigenvalue weighted by Gasteiger charge is 2.42. The van der Waals surface area contributed by atoms with Crippen molar-refractivity contribution in [3.63, 3.8) is 0 Å². The standard InChI is InChI=1S/C15H29N3O/c1-11(2)18(3)9-5-4-8-16-15(19)13-10-12-6-7-14(13)17-12/h11-14,17H,4-10H2,1-3H3,(H,16,19). The first-order chi connectivity index (χ1) is 9.08. The van der Waals surface area contributed by atoms with E-state index in [-0.39, 0.29) is 11.8 Å². The first-order valence-electron chi connectivity index (χ1n) is 7.82. The first kappa shape index (κ1) is 14.8. The summed E-state index contributed by atoms with van der Waals surface area (Å²) >= 11 is 0. The fourth-order valence-electron chi connectivity index (χ4n) is 3.20. The van der Waals surface area contributed by atoms with Crippen molar-refractivity contribution in [1.29, 1.82) is 0 Å². The van der Waals surface area contributed by atoms with E-state index in [1.807, 2.05) is 0 Å². The number of carbonyl (C=O) groups excluding carboxylic acids is 1. The number of hydrogen-bond acceptors (Lipinski definition) is 3. The van der Waals surface area contributed by atoms with Crippen molar-refractivity contribution in [2.75, 3.05) is 20.1 Å². The van der Waals surface area contributed by atoms with E-state index in [0.29, 0.717) is 18.1 Å². The van der Waals surface area contributed by atoms with Gasteiger partial charge >= 0.3 is 0 Å². The topological polar surface area (TPSA) is 44.4 Å². The van der Waals surface area contributed by atoms with Crippen LogP contribution in [-0.2, 0) is 4.79 Å². The van der Waals surface area contributed by atoms with Crippen LogP contribution in [0.15, 0.2) is 0 Å². The molecule has 3 atom stereocenters. The van der Waals surface area contributed by atoms with Crippen LogP contribution < -0.4 is 10.6 Å². The van der Waals surface area contributed by atoms with Crippen LogP contribution in [0.5, 0.6) is 0 Å². The lowest BCUT2D eigenvalue weighted by molar-refractivity contribution is -0.125. The van der Waals surface area contributed by atoms with E-state index in [4.69, 9.17) is 0 Å². The van der Waals surface area contributed by atoms with E-state index < -0.39 is 0 Å². The molecule has 0 aliphatic carbocycles. The first-order valence-corrected chi connectivity index (χ1v) is 7.82. The van der Waals surface area contributed by atoms with Gasteiger partial charge in [-0.1, -0.05) is 0 Å². The molecule has 0 saturated carbocycles. The van der Waals surface area contributed by atoms with Crippen LogP contribution in [0.1, 0.15) is 46.0 Å². The summed E-state index contributed by atoms with van der Waals surface area (Å²) in [4.78, 5) is 14.4. The van der Waals surface area contributed by atoms with Gasteiger partial charge in [0.25, 0.3) is 0 Å². The number of unbranched alkanes of at least 4 members (excludes halogenated alkanes) is 1. The number of nitrogens with one attached hydrogen (secondary N) is 2. The average Bonchev–Trinajstić information content (AvgIpc) is 2.99. The molecule has 19 heavy (non-hydrogen) atoms. The van der Waals surface area contributed by atoms with E-state index >= 15 is 0 Å². The number of fused-ring (bicyclic) bond motifs is 2. The molecule has 0 radical (unpaired) electrons. The van der Waals surface area contributed by atoms with E-state index in [2.05, 4.69) is 36.4 Å². The Kier molecular flexibility index (Phi) is 5.22. The van der Waals surface area contributed by atoms with Gasteiger partial charge in [-0.2, -0.15) is 0 Å². The number of nitrogens with zero attached hydrogens (tertiary/aromatic N) is 1. The lowest BCUT2D eigenvalue weighted by Gasteiger charge is -2.21. The summed E-state index contributed by atoms with van der Waals surface area (Å²) in [6, 6.07) is 1.67. The Bertz CT molecular complexity index is 306. The van der Waals surface area contributed by atoms with Crippen molar-refractivity contribution in [2.24, 2.45) is 5.92 Å². The molecule has 2 heterocycles. The van der Waals surface area contributed by atoms with Gasteiger partial charge < -0.3 is 15.5 Å². The molecule has 0 aromatic rings. The van der Waals surface area contributed by atoms with Crippen LogP contribution in [-0.4, -0.2) is 49.1 Å². The lowest BCUT2D eigenvalue weighted by atomic mass is 9.88. The van der Waals surface area contributed by atoms with Crippen LogP contribution in [0, 0.1) is 5.92 Å². The molecule has 4 nitrogen and oxygen atoms in total. The minimum absolute atomic E-state index is 0.233. The van der Waals surface area contributed by atoms with Gasteiger partial charge in [-0.15, -0.1) is 0 Å². The summed E-state index contributed by atoms with van der Waals surface area (Å²) in [5.74, 6) is 0.508. The van der Waals surface area contributed by atoms with Gasteiger partial charge in [-0.25, -0.2) is 0 Å². The van der Waals surface area contributed by atoms with Crippen molar-refractivity contribution in [1.82, 2.24) is 15.5 Å². The van der Waals surface area contributed by atoms with Crippen molar-refractivity contribution < 1.29 is 4.79 Å². The smallest absolute Gasteiger partial charge is 0.224 e. The molecule has 2 aliphatic rings. The molecule has 2 saturated heterocycles. The highest BCUT2D eigenvalue weighted by atomic mass is 16.1. The maximum Gasteiger partial charge on any atom is 0.224 e. The Morgan fingerprint density at radius 1 is 1.37 bits per heavy atom. The number of carbonyl (C=O) groups is 1. The van der Waals surface area contributed by atoms with Gasteiger partial charge in [0, 0.05) is 24.7 Å². The zero-order chi connectivity index (χ0) is 13.8. The minimum Gasteiger partial charge on any atom is -0.356 e. The molecule has 2 fully saturated rings. The predicted octanol–water partition coefficient (Wildman–Crippen LogP) is 1.36. The number of rotatable bonds is 7. The summed E-state index contributed by atoms with van der Waals surface area (Å²) in [5, 5.41) is 6.64. The Hall–Kier alpha value is -0.610. The minimum atomic E-state index is 0.233. The Labute approximate surface area is 117 Å². The molecule has 0 spiro atoms.